The van der Waals surface area contributed by atoms with Crippen LogP contribution in [0.5, 0.6) is 0 Å². The summed E-state index contributed by atoms with van der Waals surface area (Å²) >= 11 is 6.78. The third kappa shape index (κ3) is 5.57. The predicted molar refractivity (Wildman–Crippen MR) is 173 cm³/mol. The molecule has 6 aromatic rings. The fraction of sp³-hybridized carbons (Fsp3) is 0.212. The molecular formula is C33H26ClF3N8O3. The normalized spacial score (nSPS) is 13.7. The summed E-state index contributed by atoms with van der Waals surface area (Å²) in [6.45, 7) is -0.405. The van der Waals surface area contributed by atoms with Gasteiger partial charge in [0.05, 0.1) is 34.7 Å². The molecule has 0 aliphatic carbocycles. The molecule has 0 unspecified atom stereocenters. The van der Waals surface area contributed by atoms with Crippen LogP contribution in [0, 0.1) is 17.5 Å². The fourth-order valence-electron chi connectivity index (χ4n) is 6.12. The van der Waals surface area contributed by atoms with E-state index in [1.165, 1.54) is 6.20 Å². The number of anilines is 2. The Balaban J connectivity index is 1.52. The van der Waals surface area contributed by atoms with Crippen molar-refractivity contribution >= 4 is 50.8 Å². The van der Waals surface area contributed by atoms with E-state index in [4.69, 9.17) is 11.6 Å². The zero-order valence-corrected chi connectivity index (χ0v) is 26.1. The van der Waals surface area contributed by atoms with E-state index in [2.05, 4.69) is 25.7 Å². The van der Waals surface area contributed by atoms with Crippen LogP contribution in [-0.2, 0) is 31.4 Å². The minimum absolute atomic E-state index is 0.0800. The summed E-state index contributed by atoms with van der Waals surface area (Å²) < 4.78 is 46.0. The summed E-state index contributed by atoms with van der Waals surface area (Å²) in [7, 11) is 1.75. The number of halogens is 4. The molecule has 8 rings (SSSR count). The summed E-state index contributed by atoms with van der Waals surface area (Å²) in [5.74, 6) is -5.00. The third-order valence-electron chi connectivity index (χ3n) is 8.33. The van der Waals surface area contributed by atoms with Crippen molar-refractivity contribution < 1.29 is 18.0 Å². The number of rotatable bonds is 2. The Bertz CT molecular complexity index is 2380. The number of hydrogen-bond acceptors (Lipinski definition) is 7. The van der Waals surface area contributed by atoms with Gasteiger partial charge in [-0.2, -0.15) is 10.1 Å². The zero-order valence-electron chi connectivity index (χ0n) is 25.4. The van der Waals surface area contributed by atoms with Gasteiger partial charge in [0.2, 0.25) is 11.9 Å². The maximum absolute atomic E-state index is 14.4. The van der Waals surface area contributed by atoms with Gasteiger partial charge in [0.15, 0.2) is 17.5 Å². The predicted octanol–water partition coefficient (Wildman–Crippen LogP) is 5.03. The van der Waals surface area contributed by atoms with E-state index in [9.17, 15) is 27.6 Å². The molecule has 11 nitrogen and oxygen atoms in total. The zero-order chi connectivity index (χ0) is 33.7. The summed E-state index contributed by atoms with van der Waals surface area (Å²) in [6, 6.07) is 8.42. The molecule has 0 fully saturated rings. The van der Waals surface area contributed by atoms with Crippen LogP contribution in [0.4, 0.5) is 24.8 Å². The summed E-state index contributed by atoms with van der Waals surface area (Å²) in [6.07, 6.45) is 6.50. The van der Waals surface area contributed by atoms with Crippen molar-refractivity contribution in [3.05, 3.63) is 115 Å². The number of aromatic nitrogens is 6. The number of carbonyl (C=O) groups excluding carboxylic acids is 1. The number of fused-ring (bicyclic) bond motifs is 9. The Hall–Kier alpha value is -5.50. The third-order valence-corrected chi connectivity index (χ3v) is 8.62. The van der Waals surface area contributed by atoms with Crippen molar-refractivity contribution in [3.8, 4) is 5.69 Å². The second-order valence-electron chi connectivity index (χ2n) is 11.5. The van der Waals surface area contributed by atoms with Crippen LogP contribution < -0.4 is 22.0 Å². The average Bonchev–Trinajstić information content (AvgIpc) is 3.42. The number of carbonyl (C=O) groups is 1. The quantitative estimate of drug-likeness (QED) is 0.247. The highest BCUT2D eigenvalue weighted by Gasteiger charge is 2.23. The molecule has 2 aliphatic heterocycles. The van der Waals surface area contributed by atoms with E-state index in [1.807, 2.05) is 0 Å². The molecule has 2 bridgehead atoms. The highest BCUT2D eigenvalue weighted by atomic mass is 35.5. The van der Waals surface area contributed by atoms with Gasteiger partial charge in [0.1, 0.15) is 0 Å². The van der Waals surface area contributed by atoms with Crippen molar-refractivity contribution in [1.29, 1.82) is 0 Å². The number of pyridine rings is 1. The van der Waals surface area contributed by atoms with Gasteiger partial charge < -0.3 is 10.6 Å². The van der Waals surface area contributed by atoms with Crippen molar-refractivity contribution in [2.75, 3.05) is 5.32 Å². The second kappa shape index (κ2) is 12.3. The lowest BCUT2D eigenvalue weighted by atomic mass is 10.0. The van der Waals surface area contributed by atoms with Gasteiger partial charge >= 0.3 is 11.4 Å². The van der Waals surface area contributed by atoms with E-state index < -0.39 is 35.4 Å². The summed E-state index contributed by atoms with van der Waals surface area (Å²) in [5.41, 5.74) is 0.300. The molecule has 15 heteroatoms. The lowest BCUT2D eigenvalue weighted by molar-refractivity contribution is -0.121. The fourth-order valence-corrected chi connectivity index (χ4v) is 6.39. The lowest BCUT2D eigenvalue weighted by Gasteiger charge is -2.19. The van der Waals surface area contributed by atoms with Gasteiger partial charge in [-0.3, -0.25) is 19.0 Å². The van der Waals surface area contributed by atoms with Crippen LogP contribution in [0.15, 0.2) is 64.6 Å². The molecule has 2 N–H and O–H groups in total. The summed E-state index contributed by atoms with van der Waals surface area (Å²) in [5, 5.41) is 12.4. The molecular weight excluding hydrogens is 649 g/mol. The minimum atomic E-state index is -1.66. The molecule has 2 aliphatic rings. The standard InChI is InChI=1S/C33H26ClF3N8O3/c1-43-16-21-20-7-2-3-8-27(46)39-13-19-6-4-5-18-12-38-14-26(28(18)19)45-32(47)41-31(40-30(20)22(34)11-25(21)42-43)44(33(45)48)15-17-9-23(35)29(37)24(36)10-17/h4-6,9-12,14,16H,2-3,7-8,13,15H2,1H3,(H,39,46)(H,40,41,47). The van der Waals surface area contributed by atoms with Gasteiger partial charge in [-0.1, -0.05) is 29.8 Å². The van der Waals surface area contributed by atoms with Crippen molar-refractivity contribution in [1.82, 2.24) is 34.2 Å². The maximum atomic E-state index is 14.4. The monoisotopic (exact) mass is 674 g/mol. The van der Waals surface area contributed by atoms with Gasteiger partial charge in [-0.25, -0.2) is 27.3 Å². The van der Waals surface area contributed by atoms with Gasteiger partial charge in [0, 0.05) is 48.6 Å². The molecule has 3 aromatic carbocycles. The highest BCUT2D eigenvalue weighted by molar-refractivity contribution is 6.34. The molecule has 0 saturated carbocycles. The largest absolute Gasteiger partial charge is 0.359 e. The van der Waals surface area contributed by atoms with Gasteiger partial charge in [-0.15, -0.1) is 0 Å². The maximum Gasteiger partial charge on any atom is 0.359 e. The first-order valence-electron chi connectivity index (χ1n) is 15.0. The van der Waals surface area contributed by atoms with Gasteiger partial charge in [-0.05, 0) is 54.2 Å². The van der Waals surface area contributed by atoms with E-state index in [-0.39, 0.29) is 41.1 Å². The average molecular weight is 675 g/mol. The van der Waals surface area contributed by atoms with Crippen LogP contribution in [-0.4, -0.2) is 34.8 Å². The van der Waals surface area contributed by atoms with Crippen LogP contribution in [0.3, 0.4) is 0 Å². The molecule has 1 amide bonds. The molecule has 0 atom stereocenters. The van der Waals surface area contributed by atoms with Crippen LogP contribution in [0.1, 0.15) is 36.0 Å². The molecule has 0 spiro atoms. The SMILES string of the molecule is Cn1cc2c3c(c(Cl)cc2n1)Nc1nc(=O)n(c(=O)n1Cc1cc(F)c(F)c(F)c1)-c1cncc2cccc(c12)CNC(=O)CCCC3. The molecule has 48 heavy (non-hydrogen) atoms. The van der Waals surface area contributed by atoms with Crippen molar-refractivity contribution in [3.63, 3.8) is 0 Å². The molecule has 5 heterocycles. The highest BCUT2D eigenvalue weighted by Crippen LogP contribution is 2.36. The Morgan fingerprint density at radius 2 is 1.77 bits per heavy atom. The number of aryl methyl sites for hydroxylation is 2. The van der Waals surface area contributed by atoms with E-state index in [0.717, 1.165) is 26.7 Å². The number of benzene rings is 3. The Morgan fingerprint density at radius 3 is 2.56 bits per heavy atom. The van der Waals surface area contributed by atoms with Crippen LogP contribution >= 0.6 is 11.6 Å². The van der Waals surface area contributed by atoms with Gasteiger partial charge in [0.25, 0.3) is 0 Å². The van der Waals surface area contributed by atoms with E-state index >= 15 is 0 Å². The molecule has 244 valence electrons. The van der Waals surface area contributed by atoms with E-state index in [1.54, 1.807) is 48.4 Å². The second-order valence-corrected chi connectivity index (χ2v) is 11.9. The summed E-state index contributed by atoms with van der Waals surface area (Å²) in [4.78, 5) is 49.6. The number of hydrogen-bond donors (Lipinski definition) is 2. The topological polar surface area (TPSA) is 129 Å². The number of nitrogens with zero attached hydrogens (tertiary/aromatic N) is 6. The molecule has 3 aromatic heterocycles. The Labute approximate surface area is 274 Å². The van der Waals surface area contributed by atoms with Crippen LogP contribution in [0.2, 0.25) is 5.02 Å². The Morgan fingerprint density at radius 1 is 1.00 bits per heavy atom. The van der Waals surface area contributed by atoms with E-state index in [0.29, 0.717) is 52.4 Å². The number of amides is 1. The minimum Gasteiger partial charge on any atom is -0.352 e. The van der Waals surface area contributed by atoms with Crippen molar-refractivity contribution in [2.24, 2.45) is 7.05 Å². The first-order chi connectivity index (χ1) is 23.1. The van der Waals surface area contributed by atoms with Crippen LogP contribution in [0.25, 0.3) is 27.4 Å². The Kier molecular flexibility index (Phi) is 7.95. The number of nitrogens with one attached hydrogen (secondary N) is 2. The first-order valence-corrected chi connectivity index (χ1v) is 15.4. The molecule has 0 radical (unpaired) electrons. The lowest BCUT2D eigenvalue weighted by Crippen LogP contribution is -2.42. The van der Waals surface area contributed by atoms with Crippen molar-refractivity contribution in [2.45, 2.75) is 38.8 Å². The smallest absolute Gasteiger partial charge is 0.352 e. The first kappa shape index (κ1) is 31.1. The molecule has 0 saturated heterocycles.